The quantitative estimate of drug-likeness (QED) is 0.616. The second-order valence-corrected chi connectivity index (χ2v) is 7.70. The molecule has 1 aromatic heterocycles. The number of thiazole rings is 1. The lowest BCUT2D eigenvalue weighted by Gasteiger charge is -2.23. The Kier molecular flexibility index (Phi) is 6.92. The summed E-state index contributed by atoms with van der Waals surface area (Å²) in [6.07, 6.45) is 0. The highest BCUT2D eigenvalue weighted by Crippen LogP contribution is 2.30. The Morgan fingerprint density at radius 3 is 2.56 bits per heavy atom. The van der Waals surface area contributed by atoms with E-state index in [-0.39, 0.29) is 24.1 Å². The third kappa shape index (κ3) is 4.83. The SMILES string of the molecule is Cc1ccc(C)c(C(=O)N(CCN(C)C)c2nc3ccc(F)cc3s2)c1.Cl. The zero-order chi connectivity index (χ0) is 18.8. The summed E-state index contributed by atoms with van der Waals surface area (Å²) in [4.78, 5) is 21.6. The summed E-state index contributed by atoms with van der Waals surface area (Å²) in [5, 5.41) is 0.596. The Bertz CT molecular complexity index is 958. The molecule has 0 spiro atoms. The first-order chi connectivity index (χ1) is 12.3. The van der Waals surface area contributed by atoms with Crippen LogP contribution in [0.3, 0.4) is 0 Å². The highest BCUT2D eigenvalue weighted by Gasteiger charge is 2.23. The highest BCUT2D eigenvalue weighted by atomic mass is 35.5. The standard InChI is InChI=1S/C20H22FN3OS.ClH/c1-13-5-6-14(2)16(11-13)19(25)24(10-9-23(3)4)20-22-17-8-7-15(21)12-18(17)26-20;/h5-8,11-12H,9-10H2,1-4H3;1H. The minimum Gasteiger partial charge on any atom is -0.308 e. The second-order valence-electron chi connectivity index (χ2n) is 6.69. The maximum atomic E-state index is 13.5. The Morgan fingerprint density at radius 2 is 1.85 bits per heavy atom. The molecule has 1 heterocycles. The molecule has 3 aromatic rings. The Hall–Kier alpha value is -2.02. The molecule has 0 aliphatic heterocycles. The predicted molar refractivity (Wildman–Crippen MR) is 113 cm³/mol. The molecule has 0 atom stereocenters. The van der Waals surface area contributed by atoms with Gasteiger partial charge < -0.3 is 4.90 Å². The summed E-state index contributed by atoms with van der Waals surface area (Å²) in [6.45, 7) is 5.13. The van der Waals surface area contributed by atoms with Gasteiger partial charge in [-0.2, -0.15) is 0 Å². The Morgan fingerprint density at radius 1 is 1.11 bits per heavy atom. The van der Waals surface area contributed by atoms with Gasteiger partial charge in [0, 0.05) is 18.7 Å². The van der Waals surface area contributed by atoms with Crippen LogP contribution < -0.4 is 4.90 Å². The zero-order valence-electron chi connectivity index (χ0n) is 15.8. The summed E-state index contributed by atoms with van der Waals surface area (Å²) in [5.74, 6) is -0.374. The van der Waals surface area contributed by atoms with Gasteiger partial charge >= 0.3 is 0 Å². The molecule has 0 aliphatic carbocycles. The highest BCUT2D eigenvalue weighted by molar-refractivity contribution is 7.22. The van der Waals surface area contributed by atoms with E-state index in [4.69, 9.17) is 0 Å². The van der Waals surface area contributed by atoms with Crippen LogP contribution in [-0.4, -0.2) is 43.0 Å². The molecule has 1 amide bonds. The van der Waals surface area contributed by atoms with E-state index in [0.717, 1.165) is 15.8 Å². The van der Waals surface area contributed by atoms with Crippen LogP contribution in [0.1, 0.15) is 21.5 Å². The van der Waals surface area contributed by atoms with Crippen molar-refractivity contribution in [3.63, 3.8) is 0 Å². The summed E-state index contributed by atoms with van der Waals surface area (Å²) in [6, 6.07) is 10.4. The van der Waals surface area contributed by atoms with E-state index in [1.807, 2.05) is 51.0 Å². The minimum atomic E-state index is -0.298. The molecule has 4 nitrogen and oxygen atoms in total. The fraction of sp³-hybridized carbons (Fsp3) is 0.300. The molecule has 3 rings (SSSR count). The summed E-state index contributed by atoms with van der Waals surface area (Å²) in [7, 11) is 3.93. The number of aromatic nitrogens is 1. The van der Waals surface area contributed by atoms with Gasteiger partial charge in [-0.05, 0) is 57.8 Å². The van der Waals surface area contributed by atoms with Crippen molar-refractivity contribution in [2.75, 3.05) is 32.1 Å². The van der Waals surface area contributed by atoms with Gasteiger partial charge in [0.05, 0.1) is 10.2 Å². The van der Waals surface area contributed by atoms with Gasteiger partial charge in [0.1, 0.15) is 5.82 Å². The number of benzene rings is 2. The number of amides is 1. The number of aryl methyl sites for hydroxylation is 2. The van der Waals surface area contributed by atoms with Crippen molar-refractivity contribution in [2.45, 2.75) is 13.8 Å². The van der Waals surface area contributed by atoms with Crippen LogP contribution in [0.5, 0.6) is 0 Å². The van der Waals surface area contributed by atoms with Crippen molar-refractivity contribution in [2.24, 2.45) is 0 Å². The summed E-state index contributed by atoms with van der Waals surface area (Å²) >= 11 is 1.34. The summed E-state index contributed by atoms with van der Waals surface area (Å²) in [5.41, 5.74) is 3.35. The molecule has 144 valence electrons. The predicted octanol–water partition coefficient (Wildman–Crippen LogP) is 4.68. The number of fused-ring (bicyclic) bond motifs is 1. The lowest BCUT2D eigenvalue weighted by molar-refractivity contribution is 0.0984. The average molecular weight is 408 g/mol. The number of anilines is 1. The first kappa shape index (κ1) is 21.3. The first-order valence-corrected chi connectivity index (χ1v) is 9.27. The van der Waals surface area contributed by atoms with Crippen molar-refractivity contribution < 1.29 is 9.18 Å². The van der Waals surface area contributed by atoms with Crippen molar-refractivity contribution in [1.82, 2.24) is 9.88 Å². The number of carbonyl (C=O) groups is 1. The van der Waals surface area contributed by atoms with Gasteiger partial charge in [0.2, 0.25) is 0 Å². The third-order valence-corrected chi connectivity index (χ3v) is 5.25. The van der Waals surface area contributed by atoms with Crippen molar-refractivity contribution in [3.8, 4) is 0 Å². The molecule has 27 heavy (non-hydrogen) atoms. The summed E-state index contributed by atoms with van der Waals surface area (Å²) < 4.78 is 14.3. The number of hydrogen-bond donors (Lipinski definition) is 0. The van der Waals surface area contributed by atoms with Crippen molar-refractivity contribution >= 4 is 45.0 Å². The second kappa shape index (κ2) is 8.78. The number of halogens is 2. The van der Waals surface area contributed by atoms with Crippen LogP contribution in [0, 0.1) is 19.7 Å². The van der Waals surface area contributed by atoms with Crippen molar-refractivity contribution in [3.05, 3.63) is 58.9 Å². The van der Waals surface area contributed by atoms with E-state index >= 15 is 0 Å². The van der Waals surface area contributed by atoms with E-state index in [0.29, 0.717) is 29.3 Å². The molecule has 2 aromatic carbocycles. The molecule has 0 saturated heterocycles. The van der Waals surface area contributed by atoms with Crippen LogP contribution in [0.4, 0.5) is 9.52 Å². The molecule has 7 heteroatoms. The maximum Gasteiger partial charge on any atom is 0.260 e. The van der Waals surface area contributed by atoms with Gasteiger partial charge in [-0.25, -0.2) is 9.37 Å². The fourth-order valence-corrected chi connectivity index (χ4v) is 3.71. The number of rotatable bonds is 5. The molecule has 0 saturated carbocycles. The Balaban J connectivity index is 0.00000261. The zero-order valence-corrected chi connectivity index (χ0v) is 17.5. The van der Waals surface area contributed by atoms with E-state index < -0.39 is 0 Å². The molecular weight excluding hydrogens is 385 g/mol. The van der Waals surface area contributed by atoms with E-state index in [2.05, 4.69) is 4.98 Å². The smallest absolute Gasteiger partial charge is 0.260 e. The topological polar surface area (TPSA) is 36.4 Å². The average Bonchev–Trinajstić information content (AvgIpc) is 2.99. The first-order valence-electron chi connectivity index (χ1n) is 8.45. The molecular formula is C20H23ClFN3OS. The van der Waals surface area contributed by atoms with Crippen LogP contribution in [0.15, 0.2) is 36.4 Å². The van der Waals surface area contributed by atoms with Crippen LogP contribution in [0.2, 0.25) is 0 Å². The van der Waals surface area contributed by atoms with Gasteiger partial charge in [-0.3, -0.25) is 9.69 Å². The lowest BCUT2D eigenvalue weighted by atomic mass is 10.0. The largest absolute Gasteiger partial charge is 0.308 e. The number of nitrogens with zero attached hydrogens (tertiary/aromatic N) is 3. The molecule has 0 bridgehead atoms. The Labute approximate surface area is 169 Å². The third-order valence-electron chi connectivity index (χ3n) is 4.21. The van der Waals surface area contributed by atoms with Gasteiger partial charge in [0.15, 0.2) is 5.13 Å². The van der Waals surface area contributed by atoms with Crippen LogP contribution >= 0.6 is 23.7 Å². The van der Waals surface area contributed by atoms with E-state index in [9.17, 15) is 9.18 Å². The van der Waals surface area contributed by atoms with Crippen LogP contribution in [-0.2, 0) is 0 Å². The molecule has 0 fully saturated rings. The van der Waals surface area contributed by atoms with Gasteiger partial charge in [-0.1, -0.05) is 29.0 Å². The van der Waals surface area contributed by atoms with Crippen molar-refractivity contribution in [1.29, 1.82) is 0 Å². The molecule has 0 N–H and O–H groups in total. The monoisotopic (exact) mass is 407 g/mol. The minimum absolute atomic E-state index is 0. The maximum absolute atomic E-state index is 13.5. The number of likely N-dealkylation sites (N-methyl/N-ethyl adjacent to an activating group) is 1. The lowest BCUT2D eigenvalue weighted by Crippen LogP contribution is -2.37. The van der Waals surface area contributed by atoms with Crippen LogP contribution in [0.25, 0.3) is 10.2 Å². The van der Waals surface area contributed by atoms with Gasteiger partial charge in [0.25, 0.3) is 5.91 Å². The van der Waals surface area contributed by atoms with E-state index in [1.54, 1.807) is 11.0 Å². The number of hydrogen-bond acceptors (Lipinski definition) is 4. The number of carbonyl (C=O) groups excluding carboxylic acids is 1. The molecule has 0 unspecified atom stereocenters. The fourth-order valence-electron chi connectivity index (χ4n) is 2.70. The molecule has 0 radical (unpaired) electrons. The van der Waals surface area contributed by atoms with E-state index in [1.165, 1.54) is 23.5 Å². The normalized spacial score (nSPS) is 10.9. The van der Waals surface area contributed by atoms with Gasteiger partial charge in [-0.15, -0.1) is 12.4 Å². The molecule has 0 aliphatic rings.